The largest absolute Gasteiger partial charge is 0.359 e. The monoisotopic (exact) mass is 438 g/mol. The zero-order valence-corrected chi connectivity index (χ0v) is 18.2. The Morgan fingerprint density at radius 1 is 1.13 bits per heavy atom. The number of hydrogen-bond acceptors (Lipinski definition) is 4. The van der Waals surface area contributed by atoms with Crippen molar-refractivity contribution < 1.29 is 4.79 Å². The van der Waals surface area contributed by atoms with Crippen LogP contribution < -0.4 is 10.9 Å². The number of likely N-dealkylation sites (tertiary alicyclic amines) is 1. The molecule has 31 heavy (non-hydrogen) atoms. The fourth-order valence-corrected chi connectivity index (χ4v) is 4.52. The molecule has 1 aromatic heterocycles. The Balaban J connectivity index is 1.60. The summed E-state index contributed by atoms with van der Waals surface area (Å²) in [6.07, 6.45) is 4.45. The summed E-state index contributed by atoms with van der Waals surface area (Å²) in [5, 5.41) is 9.85. The quantitative estimate of drug-likeness (QED) is 0.411. The van der Waals surface area contributed by atoms with Gasteiger partial charge in [-0.05, 0) is 49.6 Å². The highest BCUT2D eigenvalue weighted by molar-refractivity contribution is 6.30. The van der Waals surface area contributed by atoms with Crippen molar-refractivity contribution in [3.63, 3.8) is 0 Å². The molecule has 0 saturated carbocycles. The number of carbonyl (C=O) groups excluding carboxylic acids is 1. The molecule has 0 radical (unpaired) electrons. The number of rotatable bonds is 9. The molecule has 1 aliphatic heterocycles. The summed E-state index contributed by atoms with van der Waals surface area (Å²) in [5.74, 6) is 0. The molecule has 6 nitrogen and oxygen atoms in total. The third-order valence-electron chi connectivity index (χ3n) is 5.96. The Morgan fingerprint density at radius 3 is 2.68 bits per heavy atom. The summed E-state index contributed by atoms with van der Waals surface area (Å²) in [4.78, 5) is 26.1. The second-order valence-electron chi connectivity index (χ2n) is 8.04. The fourth-order valence-electron chi connectivity index (χ4n) is 4.39. The lowest BCUT2D eigenvalue weighted by Crippen LogP contribution is -2.38. The molecule has 2 aromatic carbocycles. The Hall–Kier alpha value is -2.70. The maximum absolute atomic E-state index is 13.2. The average molecular weight is 439 g/mol. The van der Waals surface area contributed by atoms with E-state index in [0.717, 1.165) is 55.4 Å². The first-order valence-electron chi connectivity index (χ1n) is 10.8. The van der Waals surface area contributed by atoms with Gasteiger partial charge in [0.05, 0.1) is 17.6 Å². The molecule has 0 aliphatic carbocycles. The van der Waals surface area contributed by atoms with E-state index in [1.54, 1.807) is 4.68 Å². The predicted molar refractivity (Wildman–Crippen MR) is 124 cm³/mol. The van der Waals surface area contributed by atoms with Crippen LogP contribution in [0.25, 0.3) is 10.8 Å². The van der Waals surface area contributed by atoms with Crippen molar-refractivity contribution in [1.82, 2.24) is 20.0 Å². The number of fused-ring (bicyclic) bond motifs is 1. The first-order chi connectivity index (χ1) is 15.2. The van der Waals surface area contributed by atoms with Crippen molar-refractivity contribution in [3.8, 4) is 0 Å². The SMILES string of the molecule is O=CNCCCN1CCCC1Cn1nc(Cc2ccc(Cl)cc2)c2ccccc2c1=O. The van der Waals surface area contributed by atoms with Gasteiger partial charge in [0.1, 0.15) is 0 Å². The molecule has 1 aliphatic rings. The summed E-state index contributed by atoms with van der Waals surface area (Å²) in [6, 6.07) is 15.8. The van der Waals surface area contributed by atoms with Gasteiger partial charge >= 0.3 is 0 Å². The molecule has 1 saturated heterocycles. The zero-order chi connectivity index (χ0) is 21.6. The Kier molecular flexibility index (Phi) is 6.99. The predicted octanol–water partition coefficient (Wildman–Crippen LogP) is 3.24. The maximum atomic E-state index is 13.2. The lowest BCUT2D eigenvalue weighted by atomic mass is 10.0. The van der Waals surface area contributed by atoms with Gasteiger partial charge in [-0.25, -0.2) is 4.68 Å². The van der Waals surface area contributed by atoms with Gasteiger partial charge in [0, 0.05) is 36.0 Å². The zero-order valence-electron chi connectivity index (χ0n) is 17.5. The number of halogens is 1. The number of nitrogens with zero attached hydrogens (tertiary/aromatic N) is 3. The molecule has 1 N–H and O–H groups in total. The first kappa shape index (κ1) is 21.5. The smallest absolute Gasteiger partial charge is 0.274 e. The van der Waals surface area contributed by atoms with Crippen molar-refractivity contribution in [3.05, 3.63) is 75.2 Å². The van der Waals surface area contributed by atoms with Crippen LogP contribution in [-0.2, 0) is 17.8 Å². The molecule has 7 heteroatoms. The van der Waals surface area contributed by atoms with E-state index in [2.05, 4.69) is 10.2 Å². The van der Waals surface area contributed by atoms with E-state index in [0.29, 0.717) is 29.9 Å². The molecular formula is C24H27ClN4O2. The van der Waals surface area contributed by atoms with E-state index in [1.807, 2.05) is 48.5 Å². The standard InChI is InChI=1S/C24H27ClN4O2/c25-19-10-8-18(9-11-19)15-23-21-6-1-2-7-22(21)24(31)29(27-23)16-20-5-3-13-28(20)14-4-12-26-17-30/h1-2,6-11,17,20H,3-5,12-16H2,(H,26,30). The molecule has 1 unspecified atom stereocenters. The van der Waals surface area contributed by atoms with Crippen LogP contribution >= 0.6 is 11.6 Å². The molecule has 0 spiro atoms. The van der Waals surface area contributed by atoms with E-state index in [-0.39, 0.29) is 11.6 Å². The van der Waals surface area contributed by atoms with Crippen molar-refractivity contribution in [2.24, 2.45) is 0 Å². The van der Waals surface area contributed by atoms with Crippen molar-refractivity contribution in [2.45, 2.75) is 38.3 Å². The van der Waals surface area contributed by atoms with E-state index in [1.165, 1.54) is 0 Å². The van der Waals surface area contributed by atoms with Crippen molar-refractivity contribution in [1.29, 1.82) is 0 Å². The minimum atomic E-state index is -0.0371. The maximum Gasteiger partial charge on any atom is 0.274 e. The van der Waals surface area contributed by atoms with Gasteiger partial charge in [0.25, 0.3) is 5.56 Å². The van der Waals surface area contributed by atoms with Gasteiger partial charge in [-0.3, -0.25) is 14.5 Å². The van der Waals surface area contributed by atoms with Crippen LogP contribution in [-0.4, -0.2) is 46.8 Å². The van der Waals surface area contributed by atoms with Gasteiger partial charge in [0.15, 0.2) is 0 Å². The molecule has 4 rings (SSSR count). The van der Waals surface area contributed by atoms with Gasteiger partial charge < -0.3 is 5.32 Å². The van der Waals surface area contributed by atoms with Crippen LogP contribution in [0, 0.1) is 0 Å². The Labute approximate surface area is 186 Å². The van der Waals surface area contributed by atoms with Crippen LogP contribution in [0.5, 0.6) is 0 Å². The van der Waals surface area contributed by atoms with E-state index in [9.17, 15) is 9.59 Å². The Morgan fingerprint density at radius 2 is 1.90 bits per heavy atom. The van der Waals surface area contributed by atoms with E-state index < -0.39 is 0 Å². The van der Waals surface area contributed by atoms with Crippen LogP contribution in [0.3, 0.4) is 0 Å². The molecule has 1 amide bonds. The van der Waals surface area contributed by atoms with Gasteiger partial charge in [-0.2, -0.15) is 5.10 Å². The third-order valence-corrected chi connectivity index (χ3v) is 6.21. The summed E-state index contributed by atoms with van der Waals surface area (Å²) in [5.41, 5.74) is 1.97. The minimum absolute atomic E-state index is 0.0371. The second-order valence-corrected chi connectivity index (χ2v) is 8.48. The number of benzene rings is 2. The Bertz CT molecular complexity index is 1100. The van der Waals surface area contributed by atoms with Crippen LogP contribution in [0.15, 0.2) is 53.3 Å². The average Bonchev–Trinajstić information content (AvgIpc) is 3.23. The topological polar surface area (TPSA) is 67.2 Å². The van der Waals surface area contributed by atoms with Crippen LogP contribution in [0.1, 0.15) is 30.5 Å². The van der Waals surface area contributed by atoms with Gasteiger partial charge in [-0.1, -0.05) is 41.9 Å². The number of aromatic nitrogens is 2. The molecule has 3 aromatic rings. The molecule has 162 valence electrons. The molecule has 1 fully saturated rings. The van der Waals surface area contributed by atoms with Gasteiger partial charge in [-0.15, -0.1) is 0 Å². The summed E-state index contributed by atoms with van der Waals surface area (Å²) >= 11 is 6.03. The lowest BCUT2D eigenvalue weighted by molar-refractivity contribution is -0.109. The molecule has 2 heterocycles. The van der Waals surface area contributed by atoms with Gasteiger partial charge in [0.2, 0.25) is 6.41 Å². The van der Waals surface area contributed by atoms with Crippen LogP contribution in [0.4, 0.5) is 0 Å². The normalized spacial score (nSPS) is 16.6. The minimum Gasteiger partial charge on any atom is -0.359 e. The second kappa shape index (κ2) is 10.1. The summed E-state index contributed by atoms with van der Waals surface area (Å²) < 4.78 is 1.65. The molecular weight excluding hydrogens is 412 g/mol. The molecule has 0 bridgehead atoms. The fraction of sp³-hybridized carbons (Fsp3) is 0.375. The highest BCUT2D eigenvalue weighted by atomic mass is 35.5. The third kappa shape index (κ3) is 5.14. The highest BCUT2D eigenvalue weighted by Gasteiger charge is 2.25. The molecule has 1 atom stereocenters. The summed E-state index contributed by atoms with van der Waals surface area (Å²) in [7, 11) is 0. The number of nitrogens with one attached hydrogen (secondary N) is 1. The van der Waals surface area contributed by atoms with E-state index in [4.69, 9.17) is 16.7 Å². The number of amides is 1. The highest BCUT2D eigenvalue weighted by Crippen LogP contribution is 2.21. The first-order valence-corrected chi connectivity index (χ1v) is 11.2. The summed E-state index contributed by atoms with van der Waals surface area (Å²) in [6.45, 7) is 3.18. The lowest BCUT2D eigenvalue weighted by Gasteiger charge is -2.25. The number of carbonyl (C=O) groups is 1. The number of hydrogen-bond donors (Lipinski definition) is 1. The van der Waals surface area contributed by atoms with Crippen molar-refractivity contribution >= 4 is 28.8 Å². The van der Waals surface area contributed by atoms with Crippen molar-refractivity contribution in [2.75, 3.05) is 19.6 Å². The van der Waals surface area contributed by atoms with E-state index >= 15 is 0 Å². The van der Waals surface area contributed by atoms with Crippen LogP contribution in [0.2, 0.25) is 5.02 Å².